The van der Waals surface area contributed by atoms with E-state index < -0.39 is 12.1 Å². The first-order valence-corrected chi connectivity index (χ1v) is 7.29. The SMILES string of the molecule is COC(=O)C(C)Oc1ccc(C(=O)Nc2ccccc2Cl)cc1. The summed E-state index contributed by atoms with van der Waals surface area (Å²) >= 11 is 6.00. The minimum absolute atomic E-state index is 0.286. The summed E-state index contributed by atoms with van der Waals surface area (Å²) in [6, 6.07) is 13.4. The van der Waals surface area contributed by atoms with Gasteiger partial charge in [-0.1, -0.05) is 23.7 Å². The van der Waals surface area contributed by atoms with Gasteiger partial charge in [-0.3, -0.25) is 4.79 Å². The maximum atomic E-state index is 12.2. The molecule has 0 saturated carbocycles. The van der Waals surface area contributed by atoms with E-state index in [0.29, 0.717) is 22.0 Å². The van der Waals surface area contributed by atoms with Crippen molar-refractivity contribution in [3.8, 4) is 5.75 Å². The predicted molar refractivity (Wildman–Crippen MR) is 88.0 cm³/mol. The van der Waals surface area contributed by atoms with E-state index in [1.165, 1.54) is 7.11 Å². The van der Waals surface area contributed by atoms with Crippen LogP contribution in [0.15, 0.2) is 48.5 Å². The van der Waals surface area contributed by atoms with E-state index in [0.717, 1.165) is 0 Å². The number of halogens is 1. The molecule has 0 aromatic heterocycles. The van der Waals surface area contributed by atoms with Gasteiger partial charge in [0.25, 0.3) is 5.91 Å². The maximum Gasteiger partial charge on any atom is 0.346 e. The van der Waals surface area contributed by atoms with Gasteiger partial charge in [0.2, 0.25) is 0 Å². The van der Waals surface area contributed by atoms with Crippen LogP contribution in [0.2, 0.25) is 5.02 Å². The Bertz CT molecular complexity index is 700. The average Bonchev–Trinajstić information content (AvgIpc) is 2.56. The zero-order valence-electron chi connectivity index (χ0n) is 12.7. The highest BCUT2D eigenvalue weighted by Crippen LogP contribution is 2.22. The molecule has 120 valence electrons. The second-order valence-electron chi connectivity index (χ2n) is 4.74. The zero-order chi connectivity index (χ0) is 16.8. The summed E-state index contributed by atoms with van der Waals surface area (Å²) in [5, 5.41) is 3.19. The van der Waals surface area contributed by atoms with E-state index in [4.69, 9.17) is 16.3 Å². The molecule has 1 atom stereocenters. The summed E-state index contributed by atoms with van der Waals surface area (Å²) in [5.74, 6) is -0.284. The van der Waals surface area contributed by atoms with Gasteiger partial charge < -0.3 is 14.8 Å². The maximum absolute atomic E-state index is 12.2. The quantitative estimate of drug-likeness (QED) is 0.850. The van der Waals surface area contributed by atoms with Crippen molar-refractivity contribution in [2.45, 2.75) is 13.0 Å². The molecule has 0 aliphatic heterocycles. The Balaban J connectivity index is 2.03. The van der Waals surface area contributed by atoms with Crippen molar-refractivity contribution >= 4 is 29.2 Å². The molecule has 0 aliphatic carbocycles. The highest BCUT2D eigenvalue weighted by Gasteiger charge is 2.15. The minimum Gasteiger partial charge on any atom is -0.479 e. The van der Waals surface area contributed by atoms with Crippen LogP contribution in [-0.2, 0) is 9.53 Å². The number of amides is 1. The van der Waals surface area contributed by atoms with E-state index >= 15 is 0 Å². The first-order valence-electron chi connectivity index (χ1n) is 6.91. The molecule has 1 N–H and O–H groups in total. The number of nitrogens with one attached hydrogen (secondary N) is 1. The molecule has 0 spiro atoms. The molecule has 23 heavy (non-hydrogen) atoms. The monoisotopic (exact) mass is 333 g/mol. The molecule has 5 nitrogen and oxygen atoms in total. The van der Waals surface area contributed by atoms with Gasteiger partial charge in [-0.15, -0.1) is 0 Å². The Morgan fingerprint density at radius 2 is 1.74 bits per heavy atom. The molecule has 2 aromatic rings. The predicted octanol–water partition coefficient (Wildman–Crippen LogP) is 3.53. The van der Waals surface area contributed by atoms with Crippen LogP contribution in [-0.4, -0.2) is 25.1 Å². The number of rotatable bonds is 5. The molecule has 0 aliphatic rings. The third-order valence-electron chi connectivity index (χ3n) is 3.08. The summed E-state index contributed by atoms with van der Waals surface area (Å²) in [6.07, 6.45) is -0.720. The van der Waals surface area contributed by atoms with E-state index in [9.17, 15) is 9.59 Å². The topological polar surface area (TPSA) is 64.6 Å². The molecule has 6 heteroatoms. The standard InChI is InChI=1S/C17H16ClNO4/c1-11(17(21)22-2)23-13-9-7-12(8-10-13)16(20)19-15-6-4-3-5-14(15)18/h3-11H,1-2H3,(H,19,20). The molecule has 0 fully saturated rings. The highest BCUT2D eigenvalue weighted by atomic mass is 35.5. The Morgan fingerprint density at radius 1 is 1.09 bits per heavy atom. The lowest BCUT2D eigenvalue weighted by atomic mass is 10.2. The fourth-order valence-electron chi connectivity index (χ4n) is 1.86. The average molecular weight is 334 g/mol. The number of carbonyl (C=O) groups excluding carboxylic acids is 2. The lowest BCUT2D eigenvalue weighted by Gasteiger charge is -2.12. The molecule has 2 rings (SSSR count). The molecule has 0 saturated heterocycles. The molecule has 0 radical (unpaired) electrons. The Kier molecular flexibility index (Phi) is 5.60. The number of hydrogen-bond donors (Lipinski definition) is 1. The Hall–Kier alpha value is -2.53. The molecular formula is C17H16ClNO4. The van der Waals surface area contributed by atoms with Gasteiger partial charge in [-0.05, 0) is 43.3 Å². The van der Waals surface area contributed by atoms with Crippen molar-refractivity contribution in [2.75, 3.05) is 12.4 Å². The van der Waals surface area contributed by atoms with Crippen LogP contribution in [0.25, 0.3) is 0 Å². The molecule has 0 bridgehead atoms. The molecule has 2 aromatic carbocycles. The van der Waals surface area contributed by atoms with E-state index in [1.807, 2.05) is 0 Å². The summed E-state index contributed by atoms with van der Waals surface area (Å²) in [5.41, 5.74) is 0.988. The van der Waals surface area contributed by atoms with Crippen LogP contribution in [0.5, 0.6) is 5.75 Å². The van der Waals surface area contributed by atoms with Gasteiger partial charge >= 0.3 is 5.97 Å². The summed E-state index contributed by atoms with van der Waals surface area (Å²) in [4.78, 5) is 23.5. The normalized spacial score (nSPS) is 11.4. The van der Waals surface area contributed by atoms with Crippen LogP contribution in [0.4, 0.5) is 5.69 Å². The van der Waals surface area contributed by atoms with Gasteiger partial charge in [0.05, 0.1) is 17.8 Å². The number of carbonyl (C=O) groups is 2. The first-order chi connectivity index (χ1) is 11.0. The summed E-state index contributed by atoms with van der Waals surface area (Å²) in [6.45, 7) is 1.59. The highest BCUT2D eigenvalue weighted by molar-refractivity contribution is 6.33. The van der Waals surface area contributed by atoms with Gasteiger partial charge in [0.15, 0.2) is 6.10 Å². The minimum atomic E-state index is -0.720. The fourth-order valence-corrected chi connectivity index (χ4v) is 2.04. The van der Waals surface area contributed by atoms with E-state index in [1.54, 1.807) is 55.5 Å². The van der Waals surface area contributed by atoms with Crippen molar-refractivity contribution in [2.24, 2.45) is 0 Å². The number of benzene rings is 2. The van der Waals surface area contributed by atoms with Gasteiger partial charge in [0.1, 0.15) is 5.75 Å². The second kappa shape index (κ2) is 7.65. The Morgan fingerprint density at radius 3 is 2.35 bits per heavy atom. The third-order valence-corrected chi connectivity index (χ3v) is 3.41. The lowest BCUT2D eigenvalue weighted by Crippen LogP contribution is -2.24. The van der Waals surface area contributed by atoms with Crippen LogP contribution < -0.4 is 10.1 Å². The number of esters is 1. The van der Waals surface area contributed by atoms with Crippen LogP contribution >= 0.6 is 11.6 Å². The summed E-state index contributed by atoms with van der Waals surface area (Å²) in [7, 11) is 1.30. The molecule has 1 unspecified atom stereocenters. The zero-order valence-corrected chi connectivity index (χ0v) is 13.5. The largest absolute Gasteiger partial charge is 0.479 e. The van der Waals surface area contributed by atoms with Gasteiger partial charge in [-0.2, -0.15) is 0 Å². The Labute approximate surface area is 139 Å². The smallest absolute Gasteiger partial charge is 0.346 e. The first kappa shape index (κ1) is 16.8. The van der Waals surface area contributed by atoms with Gasteiger partial charge in [0, 0.05) is 5.56 Å². The number of hydrogen-bond acceptors (Lipinski definition) is 4. The number of anilines is 1. The van der Waals surface area contributed by atoms with Crippen LogP contribution in [0, 0.1) is 0 Å². The second-order valence-corrected chi connectivity index (χ2v) is 5.15. The van der Waals surface area contributed by atoms with Crippen molar-refractivity contribution in [1.82, 2.24) is 0 Å². The van der Waals surface area contributed by atoms with Gasteiger partial charge in [-0.25, -0.2) is 4.79 Å². The molecule has 1 amide bonds. The van der Waals surface area contributed by atoms with E-state index in [2.05, 4.69) is 10.1 Å². The summed E-state index contributed by atoms with van der Waals surface area (Å²) < 4.78 is 9.99. The van der Waals surface area contributed by atoms with E-state index in [-0.39, 0.29) is 5.91 Å². The van der Waals surface area contributed by atoms with Crippen molar-refractivity contribution < 1.29 is 19.1 Å². The lowest BCUT2D eigenvalue weighted by molar-refractivity contribution is -0.147. The molecule has 0 heterocycles. The number of para-hydroxylation sites is 1. The third kappa shape index (κ3) is 4.47. The van der Waals surface area contributed by atoms with Crippen LogP contribution in [0.3, 0.4) is 0 Å². The number of methoxy groups -OCH3 is 1. The van der Waals surface area contributed by atoms with Crippen molar-refractivity contribution in [3.63, 3.8) is 0 Å². The van der Waals surface area contributed by atoms with Crippen molar-refractivity contribution in [3.05, 3.63) is 59.1 Å². The molecular weight excluding hydrogens is 318 g/mol. The van der Waals surface area contributed by atoms with Crippen LogP contribution in [0.1, 0.15) is 17.3 Å². The number of ether oxygens (including phenoxy) is 2. The fraction of sp³-hybridized carbons (Fsp3) is 0.176. The van der Waals surface area contributed by atoms with Crippen molar-refractivity contribution in [1.29, 1.82) is 0 Å².